The van der Waals surface area contributed by atoms with Gasteiger partial charge in [0, 0.05) is 5.56 Å². The number of amides is 1. The van der Waals surface area contributed by atoms with Crippen molar-refractivity contribution in [1.29, 1.82) is 0 Å². The Kier molecular flexibility index (Phi) is 4.77. The summed E-state index contributed by atoms with van der Waals surface area (Å²) in [5.41, 5.74) is 1.71. The Hall–Kier alpha value is -2.56. The van der Waals surface area contributed by atoms with Crippen molar-refractivity contribution < 1.29 is 19.1 Å². The summed E-state index contributed by atoms with van der Waals surface area (Å²) in [5.74, 6) is -1.40. The molecule has 0 aliphatic carbocycles. The van der Waals surface area contributed by atoms with Crippen LogP contribution >= 0.6 is 0 Å². The molecule has 2 rings (SSSR count). The maximum Gasteiger partial charge on any atom is 0.326 e. The minimum Gasteiger partial charge on any atom is -0.480 e. The number of aliphatic carboxylic acids is 1. The number of furan rings is 1. The lowest BCUT2D eigenvalue weighted by molar-refractivity contribution is -0.139. The maximum absolute atomic E-state index is 12.0. The van der Waals surface area contributed by atoms with Crippen LogP contribution in [0, 0.1) is 6.92 Å². The summed E-state index contributed by atoms with van der Waals surface area (Å²) in [6, 6.07) is 10.3. The van der Waals surface area contributed by atoms with Gasteiger partial charge in [0.25, 0.3) is 5.91 Å². The number of carbonyl (C=O) groups excluding carboxylic acids is 1. The average molecular weight is 287 g/mol. The fourth-order valence-corrected chi connectivity index (χ4v) is 2.04. The van der Waals surface area contributed by atoms with Crippen molar-refractivity contribution in [2.45, 2.75) is 25.8 Å². The van der Waals surface area contributed by atoms with Crippen LogP contribution in [0.3, 0.4) is 0 Å². The first kappa shape index (κ1) is 14.8. The number of carboxylic acid groups (broad SMARTS) is 1. The van der Waals surface area contributed by atoms with Crippen LogP contribution in [-0.2, 0) is 11.2 Å². The number of aryl methyl sites for hydroxylation is 2. The van der Waals surface area contributed by atoms with Crippen LogP contribution in [-0.4, -0.2) is 23.0 Å². The molecule has 1 aromatic heterocycles. The van der Waals surface area contributed by atoms with Gasteiger partial charge in [-0.2, -0.15) is 0 Å². The lowest BCUT2D eigenvalue weighted by Crippen LogP contribution is -2.41. The average Bonchev–Trinajstić information content (AvgIpc) is 2.90. The third-order valence-corrected chi connectivity index (χ3v) is 3.24. The van der Waals surface area contributed by atoms with Gasteiger partial charge in [0.1, 0.15) is 6.04 Å². The maximum atomic E-state index is 12.0. The van der Waals surface area contributed by atoms with Crippen LogP contribution in [0.4, 0.5) is 0 Å². The number of nitrogens with one attached hydrogen (secondary N) is 1. The van der Waals surface area contributed by atoms with E-state index >= 15 is 0 Å². The third-order valence-electron chi connectivity index (χ3n) is 3.24. The van der Waals surface area contributed by atoms with Gasteiger partial charge in [0.05, 0.1) is 6.26 Å². The van der Waals surface area contributed by atoms with Crippen LogP contribution in [0.25, 0.3) is 0 Å². The zero-order valence-corrected chi connectivity index (χ0v) is 11.7. The van der Waals surface area contributed by atoms with E-state index in [4.69, 9.17) is 4.42 Å². The molecule has 1 aromatic carbocycles. The molecule has 0 unspecified atom stereocenters. The first-order valence-corrected chi connectivity index (χ1v) is 6.69. The van der Waals surface area contributed by atoms with E-state index in [0.29, 0.717) is 18.4 Å². The van der Waals surface area contributed by atoms with Crippen molar-refractivity contribution in [2.75, 3.05) is 0 Å². The van der Waals surface area contributed by atoms with Gasteiger partial charge in [-0.05, 0) is 31.4 Å². The number of carbonyl (C=O) groups is 2. The van der Waals surface area contributed by atoms with Crippen molar-refractivity contribution in [3.05, 3.63) is 59.5 Å². The topological polar surface area (TPSA) is 79.5 Å². The van der Waals surface area contributed by atoms with E-state index in [1.54, 1.807) is 13.0 Å². The van der Waals surface area contributed by atoms with Crippen LogP contribution in [0.1, 0.15) is 28.1 Å². The highest BCUT2D eigenvalue weighted by Gasteiger charge is 2.22. The molecule has 0 radical (unpaired) electrons. The van der Waals surface area contributed by atoms with E-state index in [1.165, 1.54) is 6.26 Å². The van der Waals surface area contributed by atoms with Crippen LogP contribution in [0.2, 0.25) is 0 Å². The van der Waals surface area contributed by atoms with Crippen LogP contribution in [0.15, 0.2) is 47.1 Å². The third kappa shape index (κ3) is 3.95. The zero-order chi connectivity index (χ0) is 15.2. The number of benzene rings is 1. The molecule has 21 heavy (non-hydrogen) atoms. The molecule has 0 bridgehead atoms. The fourth-order valence-electron chi connectivity index (χ4n) is 2.04. The molecule has 5 nitrogen and oxygen atoms in total. The summed E-state index contributed by atoms with van der Waals surface area (Å²) in [6.07, 6.45) is 2.31. The molecule has 0 fully saturated rings. The van der Waals surface area contributed by atoms with Crippen LogP contribution in [0.5, 0.6) is 0 Å². The Morgan fingerprint density at radius 3 is 2.52 bits per heavy atom. The van der Waals surface area contributed by atoms with Gasteiger partial charge in [-0.15, -0.1) is 0 Å². The number of carboxylic acids is 1. The number of hydrogen-bond acceptors (Lipinski definition) is 3. The molecular formula is C16H17NO4. The lowest BCUT2D eigenvalue weighted by Gasteiger charge is -2.14. The molecule has 2 N–H and O–H groups in total. The van der Waals surface area contributed by atoms with Gasteiger partial charge in [-0.1, -0.05) is 30.3 Å². The van der Waals surface area contributed by atoms with E-state index in [9.17, 15) is 14.7 Å². The summed E-state index contributed by atoms with van der Waals surface area (Å²) in [4.78, 5) is 23.3. The summed E-state index contributed by atoms with van der Waals surface area (Å²) >= 11 is 0. The second-order valence-electron chi connectivity index (χ2n) is 4.82. The normalized spacial score (nSPS) is 11.9. The van der Waals surface area contributed by atoms with Crippen molar-refractivity contribution in [3.63, 3.8) is 0 Å². The second-order valence-corrected chi connectivity index (χ2v) is 4.82. The van der Waals surface area contributed by atoms with Gasteiger partial charge in [-0.3, -0.25) is 4.79 Å². The number of hydrogen-bond donors (Lipinski definition) is 2. The Morgan fingerprint density at radius 1 is 1.24 bits per heavy atom. The first-order chi connectivity index (χ1) is 10.1. The highest BCUT2D eigenvalue weighted by atomic mass is 16.4. The van der Waals surface area contributed by atoms with Gasteiger partial charge in [0.2, 0.25) is 0 Å². The molecule has 1 amide bonds. The molecule has 2 aromatic rings. The van der Waals surface area contributed by atoms with Crippen molar-refractivity contribution >= 4 is 11.9 Å². The molecule has 1 atom stereocenters. The fraction of sp³-hybridized carbons (Fsp3) is 0.250. The van der Waals surface area contributed by atoms with Crippen molar-refractivity contribution in [2.24, 2.45) is 0 Å². The van der Waals surface area contributed by atoms with Crippen molar-refractivity contribution in [1.82, 2.24) is 5.32 Å². The molecule has 0 saturated carbocycles. The highest BCUT2D eigenvalue weighted by molar-refractivity contribution is 5.95. The predicted octanol–water partition coefficient (Wildman–Crippen LogP) is 2.40. The molecule has 5 heteroatoms. The van der Waals surface area contributed by atoms with Gasteiger partial charge in [-0.25, -0.2) is 4.79 Å². The Balaban J connectivity index is 1.98. The molecule has 0 spiro atoms. The second kappa shape index (κ2) is 6.74. The Labute approximate surface area is 122 Å². The smallest absolute Gasteiger partial charge is 0.326 e. The summed E-state index contributed by atoms with van der Waals surface area (Å²) in [6.45, 7) is 1.73. The minimum absolute atomic E-state index is 0.154. The summed E-state index contributed by atoms with van der Waals surface area (Å²) < 4.78 is 5.06. The lowest BCUT2D eigenvalue weighted by atomic mass is 10.1. The summed E-state index contributed by atoms with van der Waals surface area (Å²) in [7, 11) is 0. The van der Waals surface area contributed by atoms with Gasteiger partial charge in [0.15, 0.2) is 5.76 Å². The molecule has 1 heterocycles. The predicted molar refractivity (Wildman–Crippen MR) is 77.1 cm³/mol. The van der Waals surface area contributed by atoms with Gasteiger partial charge < -0.3 is 14.8 Å². The quantitative estimate of drug-likeness (QED) is 0.855. The van der Waals surface area contributed by atoms with Gasteiger partial charge >= 0.3 is 5.97 Å². The Bertz CT molecular complexity index is 618. The minimum atomic E-state index is -1.05. The molecular weight excluding hydrogens is 270 g/mol. The molecule has 0 aliphatic heterocycles. The number of rotatable bonds is 6. The molecule has 0 aliphatic rings. The Morgan fingerprint density at radius 2 is 1.95 bits per heavy atom. The zero-order valence-electron chi connectivity index (χ0n) is 11.7. The monoisotopic (exact) mass is 287 g/mol. The SMILES string of the molecule is Cc1ccoc1C(=O)N[C@@H](CCc1ccccc1)C(=O)O. The summed E-state index contributed by atoms with van der Waals surface area (Å²) in [5, 5.41) is 11.7. The van der Waals surface area contributed by atoms with E-state index in [2.05, 4.69) is 5.32 Å². The standard InChI is InChI=1S/C16H17NO4/c1-11-9-10-21-14(11)15(18)17-13(16(19)20)8-7-12-5-3-2-4-6-12/h2-6,9-10,13H,7-8H2,1H3,(H,17,18)(H,19,20)/t13-/m0/s1. The van der Waals surface area contributed by atoms with Crippen molar-refractivity contribution in [3.8, 4) is 0 Å². The molecule has 110 valence electrons. The largest absolute Gasteiger partial charge is 0.480 e. The molecule has 0 saturated heterocycles. The first-order valence-electron chi connectivity index (χ1n) is 6.69. The van der Waals surface area contributed by atoms with Crippen LogP contribution < -0.4 is 5.32 Å². The van der Waals surface area contributed by atoms with E-state index < -0.39 is 17.9 Å². The van der Waals surface area contributed by atoms with E-state index in [-0.39, 0.29) is 5.76 Å². The van der Waals surface area contributed by atoms with E-state index in [0.717, 1.165) is 5.56 Å². The highest BCUT2D eigenvalue weighted by Crippen LogP contribution is 2.10. The van der Waals surface area contributed by atoms with E-state index in [1.807, 2.05) is 30.3 Å².